The fourth-order valence-corrected chi connectivity index (χ4v) is 13.5. The normalized spacial score (nSPS) is 44.8. The van der Waals surface area contributed by atoms with Gasteiger partial charge in [0.05, 0.1) is 46.4 Å². The van der Waals surface area contributed by atoms with Crippen molar-refractivity contribution >= 4 is 29.8 Å². The zero-order valence-electron chi connectivity index (χ0n) is 36.1. The second-order valence-corrected chi connectivity index (χ2v) is 17.7. The number of rotatable bonds is 14. The molecule has 6 fully saturated rings. The summed E-state index contributed by atoms with van der Waals surface area (Å²) in [6.45, 7) is 13.8. The first-order chi connectivity index (χ1) is 28.1. The lowest BCUT2D eigenvalue weighted by atomic mass is 9.32. The summed E-state index contributed by atoms with van der Waals surface area (Å²) in [5.41, 5.74) is -15.4. The predicted molar refractivity (Wildman–Crippen MR) is 199 cm³/mol. The molecule has 4 saturated carbocycles. The molecule has 1 spiro atoms. The Labute approximate surface area is 347 Å². The van der Waals surface area contributed by atoms with E-state index in [0.717, 1.165) is 0 Å². The van der Waals surface area contributed by atoms with Crippen LogP contribution in [0.3, 0.4) is 0 Å². The third kappa shape index (κ3) is 4.86. The van der Waals surface area contributed by atoms with E-state index in [1.807, 2.05) is 0 Å². The summed E-state index contributed by atoms with van der Waals surface area (Å²) in [4.78, 5) is 81.5. The van der Waals surface area contributed by atoms with Crippen LogP contribution >= 0.6 is 0 Å². The number of aliphatic hydroxyl groups is 1. The highest BCUT2D eigenvalue weighted by Crippen LogP contribution is 2.90. The van der Waals surface area contributed by atoms with Gasteiger partial charge in [0.2, 0.25) is 5.60 Å². The number of carbonyl (C=O) groups is 5. The second-order valence-electron chi connectivity index (χ2n) is 17.7. The number of esters is 5. The summed E-state index contributed by atoms with van der Waals surface area (Å²) in [5, 5.41) is 13.5. The Morgan fingerprint density at radius 2 is 1.60 bits per heavy atom. The van der Waals surface area contributed by atoms with Crippen LogP contribution in [0.25, 0.3) is 0 Å². The van der Waals surface area contributed by atoms with Gasteiger partial charge < -0.3 is 52.2 Å². The first-order valence-electron chi connectivity index (χ1n) is 20.1. The number of allylic oxidation sites excluding steroid dienone is 1. The zero-order valence-corrected chi connectivity index (χ0v) is 36.1. The van der Waals surface area contributed by atoms with Crippen molar-refractivity contribution in [2.75, 3.05) is 27.9 Å². The largest absolute Gasteiger partial charge is 0.472 e. The van der Waals surface area contributed by atoms with Crippen LogP contribution in [0.4, 0.5) is 0 Å². The van der Waals surface area contributed by atoms with Crippen LogP contribution < -0.4 is 0 Å². The van der Waals surface area contributed by atoms with Crippen molar-refractivity contribution in [2.24, 2.45) is 22.2 Å². The highest BCUT2D eigenvalue weighted by Gasteiger charge is 3.07. The number of ether oxygens (including phenoxy) is 9. The summed E-state index contributed by atoms with van der Waals surface area (Å²) in [6, 6.07) is 1.58. The summed E-state index contributed by atoms with van der Waals surface area (Å²) in [7, 11) is 3.63. The number of hydrogen-bond acceptors (Lipinski definition) is 18. The van der Waals surface area contributed by atoms with Crippen molar-refractivity contribution in [2.45, 2.75) is 146 Å². The molecular weight excluding hydrogens is 792 g/mol. The Kier molecular flexibility index (Phi) is 10.3. The van der Waals surface area contributed by atoms with Gasteiger partial charge in [0.1, 0.15) is 29.5 Å². The molecule has 0 aromatic carbocycles. The fourth-order valence-electron chi connectivity index (χ4n) is 13.5. The smallest absolute Gasteiger partial charge is 0.333 e. The number of furan rings is 1. The number of methoxy groups -OCH3 is 2. The van der Waals surface area contributed by atoms with Gasteiger partial charge in [-0.1, -0.05) is 26.8 Å². The first kappa shape index (κ1) is 44.2. The average molecular weight is 849 g/mol. The third-order valence-corrected chi connectivity index (χ3v) is 15.1. The molecule has 2 saturated heterocycles. The van der Waals surface area contributed by atoms with Crippen LogP contribution in [0, 0.1) is 22.2 Å². The molecule has 2 aliphatic heterocycles. The lowest BCUT2D eigenvalue weighted by Gasteiger charge is -2.79. The van der Waals surface area contributed by atoms with Crippen LogP contribution in [0.1, 0.15) is 99.7 Å². The standard InChI is InChI=1S/C42H56O18/c1-13-22(3)31(48)55-32-34(6)21-39(56-24(5)44)36(8,26(34)17-28(46)49-10)41-27(45)18-35(7,30(54-23(4)43)25-15-16-52-20-25)38(19-29(47)50-11)42(41,59-37(9,57-38)58-41)33(53-14-2)40(32,39)60-51-12/h13,15-16,20,26-27,30,32-33,45H,14,17-19,21H2,1-12H3/b22-13+/t26-,27?,30+,32?,33?,34-,35+,36+,37?,38-,39?,40?,41-,42-/m0/s1. The van der Waals surface area contributed by atoms with Crippen molar-refractivity contribution in [1.82, 2.24) is 0 Å². The molecule has 1 N–H and O–H groups in total. The Morgan fingerprint density at radius 3 is 2.15 bits per heavy atom. The highest BCUT2D eigenvalue weighted by molar-refractivity contribution is 5.88. The van der Waals surface area contributed by atoms with Gasteiger partial charge in [0, 0.05) is 67.6 Å². The monoisotopic (exact) mass is 848 g/mol. The highest BCUT2D eigenvalue weighted by atomic mass is 17.2. The molecule has 3 heterocycles. The predicted octanol–water partition coefficient (Wildman–Crippen LogP) is 3.71. The maximum atomic E-state index is 14.2. The molecule has 18 heteroatoms. The number of aliphatic hydroxyl groups excluding tert-OH is 1. The van der Waals surface area contributed by atoms with Gasteiger partial charge in [-0.3, -0.25) is 19.2 Å². The van der Waals surface area contributed by atoms with Gasteiger partial charge >= 0.3 is 29.8 Å². The molecule has 7 rings (SSSR count). The molecule has 14 atom stereocenters. The Bertz CT molecular complexity index is 1980. The second kappa shape index (κ2) is 14.1. The van der Waals surface area contributed by atoms with Crippen molar-refractivity contribution in [1.29, 1.82) is 0 Å². The number of carbonyl (C=O) groups excluding carboxylic acids is 5. The van der Waals surface area contributed by atoms with Crippen molar-refractivity contribution in [3.8, 4) is 0 Å². The van der Waals surface area contributed by atoms with Crippen LogP contribution in [0.5, 0.6) is 0 Å². The van der Waals surface area contributed by atoms with E-state index < -0.39 is 117 Å². The zero-order chi connectivity index (χ0) is 44.3. The van der Waals surface area contributed by atoms with E-state index in [4.69, 9.17) is 56.8 Å². The molecule has 0 amide bonds. The van der Waals surface area contributed by atoms with Gasteiger partial charge in [0.15, 0.2) is 11.2 Å². The van der Waals surface area contributed by atoms with Gasteiger partial charge in [-0.25, -0.2) is 14.6 Å². The lowest BCUT2D eigenvalue weighted by Crippen LogP contribution is -2.99. The molecule has 4 aliphatic carbocycles. The van der Waals surface area contributed by atoms with Gasteiger partial charge in [-0.05, 0) is 39.2 Å². The maximum Gasteiger partial charge on any atom is 0.333 e. The van der Waals surface area contributed by atoms with Crippen LogP contribution in [0.2, 0.25) is 0 Å². The molecule has 332 valence electrons. The minimum atomic E-state index is -2.33. The molecule has 18 nitrogen and oxygen atoms in total. The SMILES string of the molecule is C/C=C(\C)C(=O)OC1C2(OOC)C(OCC)[C@]34OC5(C)O[C@@]3(CC(=O)OC)[C@@](C)([C@H](OC(C)=O)c3ccoc3)CC(O)[C@]4(O5)[C@]3(C)[C@@H](CC(=O)OC)[C@]1(C)CC23OC(C)=O. The third-order valence-electron chi connectivity index (χ3n) is 15.1. The Hall–Kier alpha value is -3.91. The van der Waals surface area contributed by atoms with Gasteiger partial charge in [-0.15, -0.1) is 0 Å². The van der Waals surface area contributed by atoms with Gasteiger partial charge in [0.25, 0.3) is 5.97 Å². The Morgan fingerprint density at radius 1 is 0.933 bits per heavy atom. The topological polar surface area (TPSA) is 220 Å². The average Bonchev–Trinajstić information content (AvgIpc) is 3.95. The van der Waals surface area contributed by atoms with E-state index in [-0.39, 0.29) is 31.4 Å². The van der Waals surface area contributed by atoms with E-state index >= 15 is 0 Å². The maximum absolute atomic E-state index is 14.2. The molecule has 4 bridgehead atoms. The molecule has 6 unspecified atom stereocenters. The van der Waals surface area contributed by atoms with Gasteiger partial charge in [-0.2, -0.15) is 0 Å². The molecule has 0 radical (unpaired) electrons. The molecule has 1 aromatic heterocycles. The minimum Gasteiger partial charge on any atom is -0.472 e. The van der Waals surface area contributed by atoms with E-state index in [9.17, 15) is 29.1 Å². The molecule has 1 aromatic rings. The van der Waals surface area contributed by atoms with Crippen LogP contribution in [-0.4, -0.2) is 115 Å². The quantitative estimate of drug-likeness (QED) is 0.0927. The van der Waals surface area contributed by atoms with E-state index in [1.54, 1.807) is 53.7 Å². The first-order valence-corrected chi connectivity index (χ1v) is 20.1. The summed E-state index contributed by atoms with van der Waals surface area (Å²) < 4.78 is 64.0. The summed E-state index contributed by atoms with van der Waals surface area (Å²) in [5.74, 6) is -7.02. The van der Waals surface area contributed by atoms with E-state index in [0.29, 0.717) is 5.56 Å². The fraction of sp³-hybridized carbons (Fsp3) is 0.738. The Balaban J connectivity index is 1.71. The van der Waals surface area contributed by atoms with Crippen molar-refractivity contribution < 1.29 is 85.9 Å². The van der Waals surface area contributed by atoms with Crippen molar-refractivity contribution in [3.63, 3.8) is 0 Å². The number of fused-ring (bicyclic) bond motifs is 2. The van der Waals surface area contributed by atoms with Crippen LogP contribution in [-0.2, 0) is 76.4 Å². The van der Waals surface area contributed by atoms with E-state index in [1.165, 1.54) is 54.6 Å². The summed E-state index contributed by atoms with van der Waals surface area (Å²) >= 11 is 0. The van der Waals surface area contributed by atoms with E-state index in [2.05, 4.69) is 0 Å². The minimum absolute atomic E-state index is 0.128. The number of hydrogen-bond donors (Lipinski definition) is 1. The molecular formula is C42H56O18. The van der Waals surface area contributed by atoms with Crippen LogP contribution in [0.15, 0.2) is 34.7 Å². The molecule has 60 heavy (non-hydrogen) atoms. The lowest BCUT2D eigenvalue weighted by molar-refractivity contribution is -0.512. The van der Waals surface area contributed by atoms with Crippen molar-refractivity contribution in [3.05, 3.63) is 35.8 Å². The summed E-state index contributed by atoms with van der Waals surface area (Å²) in [6.07, 6.45) is -3.48. The molecule has 6 aliphatic rings.